The predicted octanol–water partition coefficient (Wildman–Crippen LogP) is 4.50. The maximum Gasteiger partial charge on any atom is 0.161 e. The number of terminal acetylenes is 1. The topological polar surface area (TPSA) is 36.9 Å². The molecule has 0 aliphatic rings. The van der Waals surface area contributed by atoms with Crippen molar-refractivity contribution in [2.45, 2.75) is 0 Å². The largest absolute Gasteiger partial charge is 0.497 e. The van der Waals surface area contributed by atoms with Gasteiger partial charge in [0, 0.05) is 33.9 Å². The van der Waals surface area contributed by atoms with Gasteiger partial charge in [0.25, 0.3) is 0 Å². The summed E-state index contributed by atoms with van der Waals surface area (Å²) in [5, 5.41) is 0. The quantitative estimate of drug-likeness (QED) is 0.580. The number of hydrogen-bond donors (Lipinski definition) is 0. The molecule has 0 aliphatic carbocycles. The van der Waals surface area contributed by atoms with E-state index in [4.69, 9.17) is 25.4 Å². The van der Waals surface area contributed by atoms with Crippen molar-refractivity contribution in [3.8, 4) is 59.0 Å². The number of methoxy groups -OCH3 is 4. The van der Waals surface area contributed by atoms with E-state index in [-0.39, 0.29) is 0 Å². The average Bonchev–Trinajstić information content (AvgIpc) is 2.85. The van der Waals surface area contributed by atoms with Crippen molar-refractivity contribution in [1.29, 1.82) is 0 Å². The predicted molar refractivity (Wildman–Crippen MR) is 125 cm³/mol. The molecule has 0 bridgehead atoms. The van der Waals surface area contributed by atoms with E-state index in [2.05, 4.69) is 29.6 Å². The molecule has 4 nitrogen and oxygen atoms in total. The molecule has 0 N–H and O–H groups in total. The van der Waals surface area contributed by atoms with Gasteiger partial charge in [0.2, 0.25) is 0 Å². The van der Waals surface area contributed by atoms with E-state index in [0.717, 1.165) is 22.3 Å². The van der Waals surface area contributed by atoms with Crippen LogP contribution in [-0.4, -0.2) is 28.4 Å². The van der Waals surface area contributed by atoms with E-state index in [1.807, 2.05) is 48.5 Å². The van der Waals surface area contributed by atoms with E-state index in [9.17, 15) is 0 Å². The van der Waals surface area contributed by atoms with Crippen molar-refractivity contribution in [2.75, 3.05) is 28.4 Å². The number of benzene rings is 3. The van der Waals surface area contributed by atoms with Crippen LogP contribution in [0.4, 0.5) is 0 Å². The second kappa shape index (κ2) is 10.5. The maximum atomic E-state index is 5.64. The molecule has 0 saturated heterocycles. The molecule has 0 heterocycles. The lowest BCUT2D eigenvalue weighted by Crippen LogP contribution is -1.91. The first-order valence-corrected chi connectivity index (χ1v) is 9.69. The van der Waals surface area contributed by atoms with Crippen molar-refractivity contribution in [3.05, 3.63) is 82.4 Å². The molecule has 0 aromatic heterocycles. The molecule has 0 fully saturated rings. The van der Waals surface area contributed by atoms with Gasteiger partial charge >= 0.3 is 0 Å². The van der Waals surface area contributed by atoms with E-state index >= 15 is 0 Å². The minimum absolute atomic E-state index is 0.622. The Morgan fingerprint density at radius 3 is 1.50 bits per heavy atom. The summed E-state index contributed by atoms with van der Waals surface area (Å²) in [6.07, 6.45) is 5.64. The molecule has 3 rings (SSSR count). The normalized spacial score (nSPS) is 9.34. The van der Waals surface area contributed by atoms with Crippen LogP contribution in [0.2, 0.25) is 0 Å². The lowest BCUT2D eigenvalue weighted by Gasteiger charge is -2.06. The highest BCUT2D eigenvalue weighted by Gasteiger charge is 2.03. The molecule has 0 atom stereocenters. The molecule has 0 radical (unpaired) electrons. The third-order valence-electron chi connectivity index (χ3n) is 4.54. The van der Waals surface area contributed by atoms with Gasteiger partial charge in [-0.05, 0) is 48.5 Å². The van der Waals surface area contributed by atoms with Crippen molar-refractivity contribution in [2.24, 2.45) is 0 Å². The van der Waals surface area contributed by atoms with Gasteiger partial charge in [0.15, 0.2) is 11.5 Å². The Bertz CT molecular complexity index is 1270. The third kappa shape index (κ3) is 5.57. The molecule has 4 heteroatoms. The Morgan fingerprint density at radius 2 is 1.00 bits per heavy atom. The van der Waals surface area contributed by atoms with Crippen LogP contribution in [0.15, 0.2) is 54.6 Å². The van der Waals surface area contributed by atoms with Crippen LogP contribution >= 0.6 is 0 Å². The van der Waals surface area contributed by atoms with Crippen LogP contribution in [0.25, 0.3) is 0 Å². The summed E-state index contributed by atoms with van der Waals surface area (Å²) < 4.78 is 21.2. The molecule has 0 spiro atoms. The van der Waals surface area contributed by atoms with Gasteiger partial charge in [0.05, 0.1) is 28.4 Å². The summed E-state index contributed by atoms with van der Waals surface area (Å²) in [5.41, 5.74) is 3.80. The van der Waals surface area contributed by atoms with Crippen molar-refractivity contribution in [3.63, 3.8) is 0 Å². The number of rotatable bonds is 4. The smallest absolute Gasteiger partial charge is 0.161 e. The molecule has 32 heavy (non-hydrogen) atoms. The van der Waals surface area contributed by atoms with Crippen molar-refractivity contribution >= 4 is 0 Å². The molecule has 0 amide bonds. The molecule has 158 valence electrons. The lowest BCUT2D eigenvalue weighted by atomic mass is 10.1. The summed E-state index contributed by atoms with van der Waals surface area (Å²) >= 11 is 0. The van der Waals surface area contributed by atoms with Gasteiger partial charge in [-0.1, -0.05) is 29.6 Å². The third-order valence-corrected chi connectivity index (χ3v) is 4.54. The summed E-state index contributed by atoms with van der Waals surface area (Å²) in [6.45, 7) is 0. The second-order valence-corrected chi connectivity index (χ2v) is 6.61. The Kier molecular flexibility index (Phi) is 7.32. The standard InChI is InChI=1S/C28H22O4/c1-6-20-13-22(8-7-21-11-12-27(31-4)28(18-21)32-5)15-23(14-20)9-10-24-16-25(29-2)19-26(17-24)30-3/h1,11-19H,2-5H3. The van der Waals surface area contributed by atoms with Gasteiger partial charge in [-0.2, -0.15) is 0 Å². The molecule has 0 aliphatic heterocycles. The molecule has 0 saturated carbocycles. The fourth-order valence-corrected chi connectivity index (χ4v) is 2.94. The Labute approximate surface area is 189 Å². The van der Waals surface area contributed by atoms with Crippen LogP contribution in [0, 0.1) is 36.0 Å². The highest BCUT2D eigenvalue weighted by atomic mass is 16.5. The maximum absolute atomic E-state index is 5.64. The Hall–Kier alpha value is -4.46. The average molecular weight is 422 g/mol. The van der Waals surface area contributed by atoms with Crippen LogP contribution < -0.4 is 18.9 Å². The van der Waals surface area contributed by atoms with Crippen molar-refractivity contribution in [1.82, 2.24) is 0 Å². The highest BCUT2D eigenvalue weighted by Crippen LogP contribution is 2.27. The monoisotopic (exact) mass is 422 g/mol. The summed E-state index contributed by atoms with van der Waals surface area (Å²) in [6, 6.07) is 16.6. The summed E-state index contributed by atoms with van der Waals surface area (Å²) in [4.78, 5) is 0. The minimum Gasteiger partial charge on any atom is -0.497 e. The van der Waals surface area contributed by atoms with Crippen LogP contribution in [0.1, 0.15) is 27.8 Å². The van der Waals surface area contributed by atoms with E-state index < -0.39 is 0 Å². The van der Waals surface area contributed by atoms with E-state index in [0.29, 0.717) is 28.6 Å². The Balaban J connectivity index is 1.95. The van der Waals surface area contributed by atoms with Crippen LogP contribution in [-0.2, 0) is 0 Å². The number of hydrogen-bond acceptors (Lipinski definition) is 4. The summed E-state index contributed by atoms with van der Waals surface area (Å²) in [5.74, 6) is 17.8. The van der Waals surface area contributed by atoms with Crippen LogP contribution in [0.3, 0.4) is 0 Å². The molecular weight excluding hydrogens is 400 g/mol. The molecule has 3 aromatic carbocycles. The Morgan fingerprint density at radius 1 is 0.500 bits per heavy atom. The van der Waals surface area contributed by atoms with E-state index in [1.165, 1.54) is 0 Å². The fourth-order valence-electron chi connectivity index (χ4n) is 2.94. The fraction of sp³-hybridized carbons (Fsp3) is 0.143. The minimum atomic E-state index is 0.622. The molecule has 3 aromatic rings. The number of ether oxygens (including phenoxy) is 4. The second-order valence-electron chi connectivity index (χ2n) is 6.61. The first kappa shape index (κ1) is 22.2. The zero-order chi connectivity index (χ0) is 22.9. The van der Waals surface area contributed by atoms with Crippen molar-refractivity contribution < 1.29 is 18.9 Å². The van der Waals surface area contributed by atoms with Gasteiger partial charge in [-0.25, -0.2) is 0 Å². The molecule has 0 unspecified atom stereocenters. The van der Waals surface area contributed by atoms with Gasteiger partial charge < -0.3 is 18.9 Å². The highest BCUT2D eigenvalue weighted by molar-refractivity contribution is 5.56. The van der Waals surface area contributed by atoms with Crippen LogP contribution in [0.5, 0.6) is 23.0 Å². The van der Waals surface area contributed by atoms with Gasteiger partial charge in [-0.3, -0.25) is 0 Å². The van der Waals surface area contributed by atoms with Gasteiger partial charge in [0.1, 0.15) is 11.5 Å². The van der Waals surface area contributed by atoms with Gasteiger partial charge in [-0.15, -0.1) is 6.42 Å². The lowest BCUT2D eigenvalue weighted by molar-refractivity contribution is 0.355. The SMILES string of the molecule is C#Cc1cc(C#Cc2cc(OC)cc(OC)c2)cc(C#Cc2ccc(OC)c(OC)c2)c1. The first-order valence-electron chi connectivity index (χ1n) is 9.69. The van der Waals surface area contributed by atoms with E-state index in [1.54, 1.807) is 34.5 Å². The molecular formula is C28H22O4. The zero-order valence-corrected chi connectivity index (χ0v) is 18.4. The zero-order valence-electron chi connectivity index (χ0n) is 18.4. The summed E-state index contributed by atoms with van der Waals surface area (Å²) in [7, 11) is 6.39. The first-order chi connectivity index (χ1) is 15.6.